The number of nitrogens with zero attached hydrogens (tertiary/aromatic N) is 3. The lowest BCUT2D eigenvalue weighted by Gasteiger charge is -2.28. The normalized spacial score (nSPS) is 24.3. The fourth-order valence-corrected chi connectivity index (χ4v) is 2.41. The number of fused-ring (bicyclic) bond motifs is 1. The highest BCUT2D eigenvalue weighted by atomic mass is 35.5. The second-order valence-corrected chi connectivity index (χ2v) is 4.86. The van der Waals surface area contributed by atoms with Crippen molar-refractivity contribution < 1.29 is 4.74 Å². The standard InChI is InChI=1S/C11H14ClN5O/c1-6-4-7(2-3-18-6)14-9-8-5-13-17-10(8)16-11(12)15-9/h5-7H,2-4H2,1H3,(H2,13,14,15,16,17). The van der Waals surface area contributed by atoms with Crippen LogP contribution >= 0.6 is 11.6 Å². The van der Waals surface area contributed by atoms with E-state index in [1.165, 1.54) is 0 Å². The number of anilines is 1. The Morgan fingerprint density at radius 1 is 1.50 bits per heavy atom. The van der Waals surface area contributed by atoms with Crippen molar-refractivity contribution in [2.45, 2.75) is 31.9 Å². The van der Waals surface area contributed by atoms with Gasteiger partial charge in [0, 0.05) is 12.6 Å². The number of halogens is 1. The molecule has 0 aliphatic carbocycles. The van der Waals surface area contributed by atoms with Gasteiger partial charge in [0.1, 0.15) is 5.82 Å². The third-order valence-corrected chi connectivity index (χ3v) is 3.28. The fourth-order valence-electron chi connectivity index (χ4n) is 2.24. The van der Waals surface area contributed by atoms with Crippen LogP contribution in [0.15, 0.2) is 6.20 Å². The third-order valence-electron chi connectivity index (χ3n) is 3.11. The second kappa shape index (κ2) is 4.70. The molecule has 2 atom stereocenters. The molecule has 7 heteroatoms. The Morgan fingerprint density at radius 3 is 3.22 bits per heavy atom. The van der Waals surface area contributed by atoms with Gasteiger partial charge in [-0.3, -0.25) is 5.10 Å². The molecule has 0 radical (unpaired) electrons. The second-order valence-electron chi connectivity index (χ2n) is 4.52. The summed E-state index contributed by atoms with van der Waals surface area (Å²) >= 11 is 5.89. The molecular weight excluding hydrogens is 254 g/mol. The van der Waals surface area contributed by atoms with Crippen molar-refractivity contribution in [1.82, 2.24) is 20.2 Å². The number of nitrogens with one attached hydrogen (secondary N) is 2. The van der Waals surface area contributed by atoms with E-state index in [2.05, 4.69) is 32.4 Å². The minimum absolute atomic E-state index is 0.217. The number of ether oxygens (including phenoxy) is 1. The molecule has 2 unspecified atom stereocenters. The Labute approximate surface area is 109 Å². The minimum Gasteiger partial charge on any atom is -0.378 e. The summed E-state index contributed by atoms with van der Waals surface area (Å²) < 4.78 is 5.52. The van der Waals surface area contributed by atoms with E-state index in [9.17, 15) is 0 Å². The van der Waals surface area contributed by atoms with Crippen molar-refractivity contribution in [2.75, 3.05) is 11.9 Å². The van der Waals surface area contributed by atoms with Crippen molar-refractivity contribution in [2.24, 2.45) is 0 Å². The van der Waals surface area contributed by atoms with Gasteiger partial charge in [-0.2, -0.15) is 15.1 Å². The number of aromatic amines is 1. The summed E-state index contributed by atoms with van der Waals surface area (Å²) in [5.74, 6) is 0.734. The average molecular weight is 268 g/mol. The van der Waals surface area contributed by atoms with E-state index in [1.807, 2.05) is 0 Å². The summed E-state index contributed by atoms with van der Waals surface area (Å²) in [5.41, 5.74) is 0.651. The molecule has 0 aromatic carbocycles. The van der Waals surface area contributed by atoms with Gasteiger partial charge in [0.2, 0.25) is 5.28 Å². The van der Waals surface area contributed by atoms with Crippen molar-refractivity contribution >= 4 is 28.5 Å². The van der Waals surface area contributed by atoms with E-state index < -0.39 is 0 Å². The molecule has 18 heavy (non-hydrogen) atoms. The average Bonchev–Trinajstić information content (AvgIpc) is 2.77. The number of H-pyrrole nitrogens is 1. The largest absolute Gasteiger partial charge is 0.378 e. The lowest BCUT2D eigenvalue weighted by atomic mass is 10.0. The molecule has 1 aliphatic heterocycles. The van der Waals surface area contributed by atoms with Gasteiger partial charge >= 0.3 is 0 Å². The van der Waals surface area contributed by atoms with Crippen LogP contribution in [-0.4, -0.2) is 38.9 Å². The first-order chi connectivity index (χ1) is 8.72. The SMILES string of the molecule is CC1CC(Nc2nc(Cl)nc3[nH]ncc23)CCO1. The smallest absolute Gasteiger partial charge is 0.226 e. The molecule has 0 saturated carbocycles. The monoisotopic (exact) mass is 267 g/mol. The summed E-state index contributed by atoms with van der Waals surface area (Å²) in [6.07, 6.45) is 3.90. The van der Waals surface area contributed by atoms with Crippen molar-refractivity contribution in [1.29, 1.82) is 0 Å². The van der Waals surface area contributed by atoms with Gasteiger partial charge in [0.15, 0.2) is 5.65 Å². The molecule has 1 saturated heterocycles. The van der Waals surface area contributed by atoms with Crippen LogP contribution in [0.4, 0.5) is 5.82 Å². The Morgan fingerprint density at radius 2 is 2.39 bits per heavy atom. The molecule has 0 spiro atoms. The predicted molar refractivity (Wildman–Crippen MR) is 68.8 cm³/mol. The molecule has 0 bridgehead atoms. The van der Waals surface area contributed by atoms with Gasteiger partial charge in [0.05, 0.1) is 17.7 Å². The van der Waals surface area contributed by atoms with Crippen LogP contribution in [0.3, 0.4) is 0 Å². The highest BCUT2D eigenvalue weighted by molar-refractivity contribution is 6.28. The Hall–Kier alpha value is -1.40. The number of rotatable bonds is 2. The summed E-state index contributed by atoms with van der Waals surface area (Å²) in [7, 11) is 0. The topological polar surface area (TPSA) is 75.7 Å². The highest BCUT2D eigenvalue weighted by Gasteiger charge is 2.20. The molecule has 0 amide bonds. The summed E-state index contributed by atoms with van der Waals surface area (Å²) in [6.45, 7) is 2.85. The van der Waals surface area contributed by atoms with Gasteiger partial charge in [-0.15, -0.1) is 0 Å². The van der Waals surface area contributed by atoms with E-state index in [1.54, 1.807) is 6.20 Å². The quantitative estimate of drug-likeness (QED) is 0.814. The van der Waals surface area contributed by atoms with Crippen LogP contribution < -0.4 is 5.32 Å². The fraction of sp³-hybridized carbons (Fsp3) is 0.545. The molecule has 3 rings (SSSR count). The predicted octanol–water partition coefficient (Wildman–Crippen LogP) is 1.99. The van der Waals surface area contributed by atoms with Crippen molar-refractivity contribution in [3.05, 3.63) is 11.5 Å². The maximum Gasteiger partial charge on any atom is 0.226 e. The van der Waals surface area contributed by atoms with Crippen LogP contribution in [0, 0.1) is 0 Å². The number of aromatic nitrogens is 4. The van der Waals surface area contributed by atoms with Gasteiger partial charge in [-0.1, -0.05) is 0 Å². The van der Waals surface area contributed by atoms with Crippen molar-refractivity contribution in [3.63, 3.8) is 0 Å². The molecule has 3 heterocycles. The number of hydrogen-bond acceptors (Lipinski definition) is 5. The maximum absolute atomic E-state index is 5.89. The molecule has 96 valence electrons. The van der Waals surface area contributed by atoms with Crippen LogP contribution in [0.2, 0.25) is 5.28 Å². The Kier molecular flexibility index (Phi) is 3.05. The molecule has 2 aromatic rings. The molecule has 2 aromatic heterocycles. The van der Waals surface area contributed by atoms with Crippen LogP contribution in [0.25, 0.3) is 11.0 Å². The van der Waals surface area contributed by atoms with Crippen LogP contribution in [0.1, 0.15) is 19.8 Å². The van der Waals surface area contributed by atoms with Gasteiger partial charge in [-0.05, 0) is 31.4 Å². The first-order valence-corrected chi connectivity index (χ1v) is 6.35. The summed E-state index contributed by atoms with van der Waals surface area (Å²) in [5, 5.41) is 11.2. The van der Waals surface area contributed by atoms with E-state index in [4.69, 9.17) is 16.3 Å². The van der Waals surface area contributed by atoms with Crippen molar-refractivity contribution in [3.8, 4) is 0 Å². The molecular formula is C11H14ClN5O. The summed E-state index contributed by atoms with van der Waals surface area (Å²) in [6, 6.07) is 0.345. The molecule has 2 N–H and O–H groups in total. The Bertz CT molecular complexity index is 557. The first kappa shape index (κ1) is 11.7. The third kappa shape index (κ3) is 2.26. The lowest BCUT2D eigenvalue weighted by Crippen LogP contribution is -2.32. The van der Waals surface area contributed by atoms with E-state index in [0.717, 1.165) is 30.7 Å². The van der Waals surface area contributed by atoms with Crippen LogP contribution in [-0.2, 0) is 4.74 Å². The van der Waals surface area contributed by atoms with E-state index in [0.29, 0.717) is 11.7 Å². The van der Waals surface area contributed by atoms with Gasteiger partial charge in [-0.25, -0.2) is 0 Å². The van der Waals surface area contributed by atoms with E-state index in [-0.39, 0.29) is 11.4 Å². The van der Waals surface area contributed by atoms with Crippen LogP contribution in [0.5, 0.6) is 0 Å². The first-order valence-electron chi connectivity index (χ1n) is 5.97. The zero-order valence-corrected chi connectivity index (χ0v) is 10.7. The molecule has 1 aliphatic rings. The minimum atomic E-state index is 0.217. The zero-order valence-electron chi connectivity index (χ0n) is 9.98. The van der Waals surface area contributed by atoms with Gasteiger partial charge < -0.3 is 10.1 Å². The lowest BCUT2D eigenvalue weighted by molar-refractivity contribution is 0.0232. The molecule has 6 nitrogen and oxygen atoms in total. The Balaban J connectivity index is 1.87. The molecule has 1 fully saturated rings. The highest BCUT2D eigenvalue weighted by Crippen LogP contribution is 2.23. The van der Waals surface area contributed by atoms with Gasteiger partial charge in [0.25, 0.3) is 0 Å². The van der Waals surface area contributed by atoms with E-state index >= 15 is 0 Å². The maximum atomic E-state index is 5.89. The number of hydrogen-bond donors (Lipinski definition) is 2. The zero-order chi connectivity index (χ0) is 12.5. The summed E-state index contributed by atoms with van der Waals surface area (Å²) in [4.78, 5) is 8.31.